The molecule has 6 atom stereocenters. The van der Waals surface area contributed by atoms with Crippen LogP contribution in [0.15, 0.2) is 47.5 Å². The van der Waals surface area contributed by atoms with E-state index in [0.717, 1.165) is 31.8 Å². The molecule has 62 heavy (non-hydrogen) atoms. The van der Waals surface area contributed by atoms with Crippen LogP contribution in [0.2, 0.25) is 0 Å². The monoisotopic (exact) mass is 944 g/mol. The molecule has 3 aromatic rings. The minimum Gasteiger partial charge on any atom is -0.390 e. The molecular formula is C35H49N9O14P3S+. The van der Waals surface area contributed by atoms with E-state index in [9.17, 15) is 43.1 Å². The van der Waals surface area contributed by atoms with Gasteiger partial charge in [0.1, 0.15) is 26.4 Å². The van der Waals surface area contributed by atoms with E-state index >= 15 is 0 Å². The van der Waals surface area contributed by atoms with Gasteiger partial charge >= 0.3 is 23.5 Å². The van der Waals surface area contributed by atoms with Crippen LogP contribution in [-0.2, 0) is 40.9 Å². The first-order valence-electron chi connectivity index (χ1n) is 19.4. The van der Waals surface area contributed by atoms with Gasteiger partial charge in [0.2, 0.25) is 17.2 Å². The van der Waals surface area contributed by atoms with E-state index in [4.69, 9.17) is 24.5 Å². The fraction of sp³-hybridized carbons (Fsp3) is 0.486. The number of nitrogens with one attached hydrogen (secondary N) is 2. The molecule has 1 fully saturated rings. The average Bonchev–Trinajstić information content (AvgIpc) is 3.78. The van der Waals surface area contributed by atoms with Gasteiger partial charge in [0, 0.05) is 50.8 Å². The summed E-state index contributed by atoms with van der Waals surface area (Å²) in [5.41, 5.74) is 7.90. The number of unbranched alkanes of at least 4 members (excludes halogenated alkanes) is 3. The van der Waals surface area contributed by atoms with Crippen molar-refractivity contribution in [1.82, 2.24) is 34.4 Å². The number of carbonyl (C=O) groups is 1. The summed E-state index contributed by atoms with van der Waals surface area (Å²) in [6.07, 6.45) is 0.594. The highest BCUT2D eigenvalue weighted by Crippen LogP contribution is 2.67. The number of hydrogen-bond acceptors (Lipinski definition) is 17. The summed E-state index contributed by atoms with van der Waals surface area (Å²) >= 11 is 1.69. The third-order valence-electron chi connectivity index (χ3n) is 9.63. The summed E-state index contributed by atoms with van der Waals surface area (Å²) < 4.78 is 64.8. The maximum Gasteiger partial charge on any atom is 0.490 e. The molecule has 1 aliphatic carbocycles. The van der Waals surface area contributed by atoms with Crippen LogP contribution in [-0.4, -0.2) is 110 Å². The zero-order valence-electron chi connectivity index (χ0n) is 33.9. The molecule has 8 N–H and O–H groups in total. The van der Waals surface area contributed by atoms with Gasteiger partial charge in [-0.1, -0.05) is 12.8 Å². The first kappa shape index (κ1) is 47.5. The van der Waals surface area contributed by atoms with Crippen molar-refractivity contribution in [3.63, 3.8) is 0 Å². The number of ether oxygens (including phenoxy) is 1. The Morgan fingerprint density at radius 3 is 2.53 bits per heavy atom. The zero-order valence-corrected chi connectivity index (χ0v) is 37.4. The van der Waals surface area contributed by atoms with Crippen molar-refractivity contribution in [1.29, 1.82) is 0 Å². The van der Waals surface area contributed by atoms with Crippen molar-refractivity contribution in [3.8, 4) is 10.6 Å². The molecule has 27 heteroatoms. The third kappa shape index (κ3) is 12.8. The number of nitrogens with zero attached hydrogens (tertiary/aromatic N) is 6. The summed E-state index contributed by atoms with van der Waals surface area (Å²) in [6.45, 7) is -0.111. The lowest BCUT2D eigenvalue weighted by molar-refractivity contribution is -0.121. The minimum absolute atomic E-state index is 0.0487. The van der Waals surface area contributed by atoms with Crippen molar-refractivity contribution < 1.29 is 60.7 Å². The number of H-pyrrole nitrogens is 1. The van der Waals surface area contributed by atoms with Gasteiger partial charge in [-0.15, -0.1) is 11.3 Å². The fourth-order valence-electron chi connectivity index (χ4n) is 6.48. The Labute approximate surface area is 358 Å². The highest BCUT2D eigenvalue weighted by atomic mass is 32.1. The molecule has 4 heterocycles. The first-order valence-corrected chi connectivity index (χ1v) is 24.7. The number of aliphatic hydroxyl groups is 1. The quantitative estimate of drug-likeness (QED) is 0.0241. The Morgan fingerprint density at radius 1 is 1.03 bits per heavy atom. The number of fused-ring (bicyclic) bond motifs is 3. The standard InChI is InChI=1S/C35H48N9O14P3S/c1-42(2)22-10-12-24-28(17-22)62-29-18-23(11-13-25(29)39-24)43(3)15-8-9-30(46)37-14-6-4-5-7-16-54-59(48,49)57-61(52,53)58-60(50,51)55-20-27-26(45)19-31(56-27)44-21-38-32-33(44)40-35(36)41-34(32)47/h10-13,17-18,21,26-27,31,45H,4-9,14-16,19-20H2,1-3H3,(H6-,36,37,40,41,46,47,48,49,50,51,52,53)/p+1/t26-,27+,31+/m0/s1. The molecule has 0 saturated carbocycles. The second-order valence-electron chi connectivity index (χ2n) is 14.6. The number of nitrogen functional groups attached to an aromatic ring is 1. The number of aliphatic hydroxyl groups excluding tert-OH is 1. The van der Waals surface area contributed by atoms with Crippen molar-refractivity contribution in [3.05, 3.63) is 58.4 Å². The second kappa shape index (κ2) is 20.2. The van der Waals surface area contributed by atoms with Crippen LogP contribution in [0.4, 0.5) is 11.6 Å². The number of aromatic nitrogens is 5. The van der Waals surface area contributed by atoms with E-state index in [1.54, 1.807) is 11.3 Å². The lowest BCUT2D eigenvalue weighted by Crippen LogP contribution is -2.26. The van der Waals surface area contributed by atoms with E-state index < -0.39 is 54.1 Å². The third-order valence-corrected chi connectivity index (χ3v) is 15.0. The molecule has 338 valence electrons. The van der Waals surface area contributed by atoms with Crippen LogP contribution in [0, 0.1) is 0 Å². The molecule has 0 bridgehead atoms. The summed E-state index contributed by atoms with van der Waals surface area (Å²) in [5.74, 6) is -0.274. The molecule has 2 aliphatic heterocycles. The van der Waals surface area contributed by atoms with Crippen molar-refractivity contribution >= 4 is 73.7 Å². The highest BCUT2D eigenvalue weighted by Gasteiger charge is 2.44. The number of rotatable bonds is 21. The van der Waals surface area contributed by atoms with Gasteiger partial charge < -0.3 is 40.5 Å². The summed E-state index contributed by atoms with van der Waals surface area (Å²) in [6, 6.07) is 12.4. The number of hydrogen-bond donors (Lipinski definition) is 7. The molecule has 23 nitrogen and oxygen atoms in total. The smallest absolute Gasteiger partial charge is 0.390 e. The van der Waals surface area contributed by atoms with Gasteiger partial charge in [-0.2, -0.15) is 13.6 Å². The van der Waals surface area contributed by atoms with Crippen LogP contribution in [0.25, 0.3) is 32.0 Å². The first-order chi connectivity index (χ1) is 29.3. The molecule has 0 radical (unpaired) electrons. The predicted octanol–water partition coefficient (Wildman–Crippen LogP) is 3.06. The Balaban J connectivity index is 0.830. The van der Waals surface area contributed by atoms with E-state index in [2.05, 4.69) is 56.6 Å². The van der Waals surface area contributed by atoms with Gasteiger partial charge in [-0.3, -0.25) is 28.2 Å². The largest absolute Gasteiger partial charge is 0.490 e. The molecule has 1 saturated heterocycles. The summed E-state index contributed by atoms with van der Waals surface area (Å²) in [7, 11) is -10.4. The van der Waals surface area contributed by atoms with E-state index in [1.165, 1.54) is 10.9 Å². The number of benzene rings is 2. The molecule has 0 spiro atoms. The molecule has 1 aromatic carbocycles. The van der Waals surface area contributed by atoms with Gasteiger partial charge in [0.05, 0.1) is 46.4 Å². The molecule has 6 rings (SSSR count). The lowest BCUT2D eigenvalue weighted by atomic mass is 10.2. The molecule has 3 unspecified atom stereocenters. The van der Waals surface area contributed by atoms with Crippen molar-refractivity contribution in [2.45, 2.75) is 63.4 Å². The fourth-order valence-corrected chi connectivity index (χ4v) is 11.1. The van der Waals surface area contributed by atoms with Gasteiger partial charge in [0.25, 0.3) is 5.56 Å². The molecule has 1 amide bonds. The Morgan fingerprint density at radius 2 is 1.77 bits per heavy atom. The molecule has 3 aliphatic rings. The number of carbonyl (C=O) groups excluding carboxylic acids is 1. The SMILES string of the molecule is CN(CCCC(=O)NCCCCCCOP(=O)(O)OP(=O)(O)OP(=O)(O)OC[C@H]1O[C@@H](n2cnc3c(=O)[nH]c(N)nc32)C[C@@H]1O)c1ccc2nc3ccc(=[N+](C)C)cc-3sc2c1. The van der Waals surface area contributed by atoms with Crippen LogP contribution >= 0.6 is 34.8 Å². The van der Waals surface area contributed by atoms with E-state index in [-0.39, 0.29) is 42.5 Å². The number of amides is 1. The number of aromatic amines is 1. The molecular weight excluding hydrogens is 895 g/mol. The van der Waals surface area contributed by atoms with Crippen molar-refractivity contribution in [2.24, 2.45) is 0 Å². The van der Waals surface area contributed by atoms with Gasteiger partial charge in [-0.25, -0.2) is 28.2 Å². The lowest BCUT2D eigenvalue weighted by Gasteiger charge is -2.20. The minimum atomic E-state index is -5.72. The Hall–Kier alpha value is -3.99. The summed E-state index contributed by atoms with van der Waals surface area (Å²) in [5, 5.41) is 14.4. The number of imidazole rings is 1. The van der Waals surface area contributed by atoms with E-state index in [1.807, 2.05) is 39.3 Å². The van der Waals surface area contributed by atoms with Crippen LogP contribution in [0.1, 0.15) is 51.2 Å². The molecule has 2 aromatic heterocycles. The second-order valence-corrected chi connectivity index (χ2v) is 20.3. The summed E-state index contributed by atoms with van der Waals surface area (Å²) in [4.78, 5) is 72.6. The maximum absolute atomic E-state index is 12.4. The predicted molar refractivity (Wildman–Crippen MR) is 228 cm³/mol. The number of phosphoric acid groups is 3. The highest BCUT2D eigenvalue weighted by molar-refractivity contribution is 7.66. The number of phosphoric ester groups is 2. The van der Waals surface area contributed by atoms with Gasteiger partial charge in [0.15, 0.2) is 11.2 Å². The van der Waals surface area contributed by atoms with Crippen LogP contribution < -0.4 is 31.4 Å². The topological polar surface area (TPSA) is 316 Å². The van der Waals surface area contributed by atoms with Crippen LogP contribution in [0.3, 0.4) is 0 Å². The van der Waals surface area contributed by atoms with Crippen molar-refractivity contribution in [2.75, 3.05) is 58.1 Å². The van der Waals surface area contributed by atoms with E-state index in [0.29, 0.717) is 45.2 Å². The average molecular weight is 945 g/mol. The maximum atomic E-state index is 12.4. The van der Waals surface area contributed by atoms with Gasteiger partial charge in [-0.05, 0) is 43.5 Å². The normalized spacial score (nSPS) is 19.6. The number of nitrogens with two attached hydrogens (primary N) is 1. The Bertz CT molecular complexity index is 2640. The zero-order chi connectivity index (χ0) is 44.8. The Kier molecular flexibility index (Phi) is 15.5. The van der Waals surface area contributed by atoms with Crippen LogP contribution in [0.5, 0.6) is 0 Å². The number of anilines is 2.